The van der Waals surface area contributed by atoms with Gasteiger partial charge in [-0.15, -0.1) is 0 Å². The van der Waals surface area contributed by atoms with E-state index in [2.05, 4.69) is 6.92 Å². The van der Waals surface area contributed by atoms with E-state index in [0.717, 1.165) is 24.0 Å². The summed E-state index contributed by atoms with van der Waals surface area (Å²) in [6.45, 7) is 3.79. The molecule has 0 bridgehead atoms. The number of benzene rings is 1. The van der Waals surface area contributed by atoms with Gasteiger partial charge in [-0.25, -0.2) is 0 Å². The number of carbonyl (C=O) groups is 1. The molecule has 22 heavy (non-hydrogen) atoms. The van der Waals surface area contributed by atoms with Crippen molar-refractivity contribution in [2.75, 3.05) is 0 Å². The van der Waals surface area contributed by atoms with Crippen LogP contribution in [0.3, 0.4) is 0 Å². The third-order valence-corrected chi connectivity index (χ3v) is 4.28. The third-order valence-electron chi connectivity index (χ3n) is 4.28. The van der Waals surface area contributed by atoms with Crippen LogP contribution in [0, 0.1) is 0 Å². The molecule has 124 valence electrons. The fraction of sp³-hybridized carbons (Fsp3) is 0.632. The van der Waals surface area contributed by atoms with Gasteiger partial charge >= 0.3 is 5.97 Å². The second kappa shape index (κ2) is 10.4. The third kappa shape index (κ3) is 6.18. The van der Waals surface area contributed by atoms with Gasteiger partial charge in [-0.1, -0.05) is 63.6 Å². The van der Waals surface area contributed by atoms with Crippen LogP contribution in [0.5, 0.6) is 0 Å². The van der Waals surface area contributed by atoms with Gasteiger partial charge in [0.2, 0.25) is 0 Å². The van der Waals surface area contributed by atoms with Crippen molar-refractivity contribution in [3.8, 4) is 0 Å². The van der Waals surface area contributed by atoms with E-state index in [1.165, 1.54) is 44.1 Å². The van der Waals surface area contributed by atoms with Gasteiger partial charge in [0.1, 0.15) is 0 Å². The number of aliphatic hydroxyl groups excluding tert-OH is 1. The molecule has 1 aromatic rings. The van der Waals surface area contributed by atoms with Crippen LogP contribution in [0.1, 0.15) is 81.4 Å². The fourth-order valence-electron chi connectivity index (χ4n) is 2.79. The lowest BCUT2D eigenvalue weighted by Gasteiger charge is -2.13. The highest BCUT2D eigenvalue weighted by Crippen LogP contribution is 2.23. The highest BCUT2D eigenvalue weighted by Gasteiger charge is 2.17. The van der Waals surface area contributed by atoms with Gasteiger partial charge in [0.05, 0.1) is 12.5 Å². The Labute approximate surface area is 134 Å². The van der Waals surface area contributed by atoms with Crippen molar-refractivity contribution >= 4 is 5.97 Å². The lowest BCUT2D eigenvalue weighted by Crippen LogP contribution is -2.10. The Morgan fingerprint density at radius 1 is 1.09 bits per heavy atom. The van der Waals surface area contributed by atoms with Crippen LogP contribution in [0.15, 0.2) is 18.2 Å². The van der Waals surface area contributed by atoms with E-state index >= 15 is 0 Å². The van der Waals surface area contributed by atoms with Crippen molar-refractivity contribution in [3.63, 3.8) is 0 Å². The lowest BCUT2D eigenvalue weighted by molar-refractivity contribution is -0.138. The molecule has 0 heterocycles. The number of carboxylic acid groups (broad SMARTS) is 1. The first-order chi connectivity index (χ1) is 10.6. The molecule has 0 fully saturated rings. The van der Waals surface area contributed by atoms with Crippen molar-refractivity contribution in [1.82, 2.24) is 0 Å². The van der Waals surface area contributed by atoms with Gasteiger partial charge in [0.15, 0.2) is 0 Å². The highest BCUT2D eigenvalue weighted by molar-refractivity contribution is 5.76. The van der Waals surface area contributed by atoms with E-state index in [9.17, 15) is 9.90 Å². The molecule has 1 rings (SSSR count). The first-order valence-electron chi connectivity index (χ1n) is 8.55. The van der Waals surface area contributed by atoms with Crippen LogP contribution in [0.25, 0.3) is 0 Å². The number of hydrogen-bond donors (Lipinski definition) is 2. The molecular formula is C19H30O3. The zero-order valence-electron chi connectivity index (χ0n) is 14.0. The summed E-state index contributed by atoms with van der Waals surface area (Å²) in [6, 6.07) is 5.83. The minimum absolute atomic E-state index is 0.0994. The summed E-state index contributed by atoms with van der Waals surface area (Å²) in [6.07, 6.45) is 9.98. The maximum absolute atomic E-state index is 11.1. The van der Waals surface area contributed by atoms with Crippen LogP contribution in [0.4, 0.5) is 0 Å². The van der Waals surface area contributed by atoms with E-state index in [4.69, 9.17) is 5.11 Å². The molecule has 0 saturated carbocycles. The number of aliphatic hydroxyl groups is 1. The second-order valence-corrected chi connectivity index (χ2v) is 6.12. The molecule has 0 aliphatic heterocycles. The normalized spacial score (nSPS) is 12.3. The van der Waals surface area contributed by atoms with Gasteiger partial charge in [-0.2, -0.15) is 0 Å². The highest BCUT2D eigenvalue weighted by atomic mass is 16.4. The summed E-state index contributed by atoms with van der Waals surface area (Å²) in [4.78, 5) is 11.1. The van der Waals surface area contributed by atoms with Crippen molar-refractivity contribution in [1.29, 1.82) is 0 Å². The van der Waals surface area contributed by atoms with Gasteiger partial charge in [-0.05, 0) is 36.5 Å². The SMILES string of the molecule is CCCCCCCCCc1ccc(C(C)C(=O)O)c(CO)c1. The zero-order chi connectivity index (χ0) is 16.4. The fourth-order valence-corrected chi connectivity index (χ4v) is 2.79. The van der Waals surface area contributed by atoms with E-state index in [0.29, 0.717) is 0 Å². The van der Waals surface area contributed by atoms with Crippen molar-refractivity contribution in [3.05, 3.63) is 34.9 Å². The summed E-state index contributed by atoms with van der Waals surface area (Å²) >= 11 is 0. The van der Waals surface area contributed by atoms with Crippen LogP contribution in [-0.2, 0) is 17.8 Å². The molecule has 0 radical (unpaired) electrons. The molecule has 0 spiro atoms. The molecule has 3 nitrogen and oxygen atoms in total. The average molecular weight is 306 g/mol. The Balaban J connectivity index is 2.47. The minimum Gasteiger partial charge on any atom is -0.481 e. The van der Waals surface area contributed by atoms with Gasteiger partial charge < -0.3 is 10.2 Å². The maximum atomic E-state index is 11.1. The molecule has 0 amide bonds. The largest absolute Gasteiger partial charge is 0.481 e. The van der Waals surface area contributed by atoms with Crippen molar-refractivity contribution in [2.45, 2.75) is 77.7 Å². The van der Waals surface area contributed by atoms with Gasteiger partial charge in [-0.3, -0.25) is 4.79 Å². The molecular weight excluding hydrogens is 276 g/mol. The van der Waals surface area contributed by atoms with Crippen molar-refractivity contribution in [2.24, 2.45) is 0 Å². The summed E-state index contributed by atoms with van der Waals surface area (Å²) in [5.74, 6) is -1.43. The minimum atomic E-state index is -0.852. The van der Waals surface area contributed by atoms with Crippen molar-refractivity contribution < 1.29 is 15.0 Å². The predicted molar refractivity (Wildman–Crippen MR) is 90.1 cm³/mol. The van der Waals surface area contributed by atoms with E-state index < -0.39 is 11.9 Å². The molecule has 0 aliphatic rings. The summed E-state index contributed by atoms with van der Waals surface area (Å²) in [5, 5.41) is 18.6. The number of rotatable bonds is 11. The number of unbranched alkanes of at least 4 members (excludes halogenated alkanes) is 6. The summed E-state index contributed by atoms with van der Waals surface area (Å²) in [5.41, 5.74) is 2.66. The van der Waals surface area contributed by atoms with Crippen LogP contribution in [0.2, 0.25) is 0 Å². The number of hydrogen-bond acceptors (Lipinski definition) is 2. The standard InChI is InChI=1S/C19H30O3/c1-3-4-5-6-7-8-9-10-16-11-12-18(15(2)19(21)22)17(13-16)14-20/h11-13,15,20H,3-10,14H2,1-2H3,(H,21,22). The molecule has 1 aromatic carbocycles. The van der Waals surface area contributed by atoms with Gasteiger partial charge in [0.25, 0.3) is 0 Å². The Morgan fingerprint density at radius 3 is 2.32 bits per heavy atom. The maximum Gasteiger partial charge on any atom is 0.310 e. The molecule has 3 heteroatoms. The first-order valence-corrected chi connectivity index (χ1v) is 8.55. The molecule has 0 saturated heterocycles. The Bertz CT molecular complexity index is 454. The number of aryl methyl sites for hydroxylation is 1. The summed E-state index contributed by atoms with van der Waals surface area (Å²) < 4.78 is 0. The molecule has 2 N–H and O–H groups in total. The smallest absolute Gasteiger partial charge is 0.310 e. The monoisotopic (exact) mass is 306 g/mol. The number of carboxylic acids is 1. The topological polar surface area (TPSA) is 57.5 Å². The van der Waals surface area contributed by atoms with E-state index in [1.54, 1.807) is 6.92 Å². The number of aliphatic carboxylic acids is 1. The zero-order valence-corrected chi connectivity index (χ0v) is 14.0. The Hall–Kier alpha value is -1.35. The predicted octanol–water partition coefficient (Wildman–Crippen LogP) is 4.66. The van der Waals surface area contributed by atoms with E-state index in [-0.39, 0.29) is 6.61 Å². The second-order valence-electron chi connectivity index (χ2n) is 6.12. The van der Waals surface area contributed by atoms with Crippen LogP contribution < -0.4 is 0 Å². The molecule has 0 aliphatic carbocycles. The Morgan fingerprint density at radius 2 is 1.73 bits per heavy atom. The van der Waals surface area contributed by atoms with Crippen LogP contribution in [-0.4, -0.2) is 16.2 Å². The lowest BCUT2D eigenvalue weighted by atomic mass is 9.93. The average Bonchev–Trinajstić information content (AvgIpc) is 2.53. The quantitative estimate of drug-likeness (QED) is 0.585. The molecule has 1 atom stereocenters. The van der Waals surface area contributed by atoms with Crippen LogP contribution >= 0.6 is 0 Å². The Kier molecular flexibility index (Phi) is 8.83. The molecule has 0 aromatic heterocycles. The first kappa shape index (κ1) is 18.7. The van der Waals surface area contributed by atoms with E-state index in [1.807, 2.05) is 18.2 Å². The summed E-state index contributed by atoms with van der Waals surface area (Å²) in [7, 11) is 0. The molecule has 1 unspecified atom stereocenters. The van der Waals surface area contributed by atoms with Gasteiger partial charge in [0, 0.05) is 0 Å².